The molecule has 0 radical (unpaired) electrons. The molecule has 102 valence electrons. The van der Waals surface area contributed by atoms with Crippen LogP contribution in [-0.4, -0.2) is 21.5 Å². The molecule has 0 bridgehead atoms. The molecule has 1 aromatic carbocycles. The molecule has 1 rings (SSSR count). The van der Waals surface area contributed by atoms with E-state index in [0.29, 0.717) is 5.69 Å². The third-order valence-corrected chi connectivity index (χ3v) is 3.77. The summed E-state index contributed by atoms with van der Waals surface area (Å²) in [7, 11) is -1.69. The van der Waals surface area contributed by atoms with E-state index in [-0.39, 0.29) is 12.1 Å². The van der Waals surface area contributed by atoms with Crippen molar-refractivity contribution in [3.8, 4) is 0 Å². The summed E-state index contributed by atoms with van der Waals surface area (Å²) in [6, 6.07) is 7.27. The zero-order valence-corrected chi connectivity index (χ0v) is 12.0. The van der Waals surface area contributed by atoms with E-state index < -0.39 is 10.2 Å². The van der Waals surface area contributed by atoms with Crippen molar-refractivity contribution in [2.24, 2.45) is 0 Å². The summed E-state index contributed by atoms with van der Waals surface area (Å²) in [5.74, 6) is 0. The topological polar surface area (TPSA) is 70.2 Å². The first kappa shape index (κ1) is 14.9. The third-order valence-electron chi connectivity index (χ3n) is 2.50. The molecule has 0 saturated carbocycles. The highest BCUT2D eigenvalue weighted by molar-refractivity contribution is 7.90. The van der Waals surface area contributed by atoms with Gasteiger partial charge >= 0.3 is 0 Å². The molecule has 1 aromatic rings. The largest absolute Gasteiger partial charge is 0.313 e. The van der Waals surface area contributed by atoms with Crippen molar-refractivity contribution in [3.63, 3.8) is 0 Å². The van der Waals surface area contributed by atoms with Crippen LogP contribution in [0, 0.1) is 0 Å². The fourth-order valence-corrected chi connectivity index (χ4v) is 2.76. The van der Waals surface area contributed by atoms with Gasteiger partial charge in [0.2, 0.25) is 0 Å². The number of anilines is 1. The lowest BCUT2D eigenvalue weighted by atomic mass is 10.1. The smallest absolute Gasteiger partial charge is 0.299 e. The second-order valence-corrected chi connectivity index (χ2v) is 5.92. The molecule has 0 aliphatic heterocycles. The molecule has 0 aromatic heterocycles. The highest BCUT2D eigenvalue weighted by Gasteiger charge is 2.15. The van der Waals surface area contributed by atoms with Crippen molar-refractivity contribution in [1.82, 2.24) is 10.0 Å². The lowest BCUT2D eigenvalue weighted by molar-refractivity contribution is 0.575. The molecular weight excluding hydrogens is 250 g/mol. The van der Waals surface area contributed by atoms with E-state index in [1.165, 1.54) is 0 Å². The van der Waals surface area contributed by atoms with Gasteiger partial charge in [0.1, 0.15) is 0 Å². The summed E-state index contributed by atoms with van der Waals surface area (Å²) in [5.41, 5.74) is 1.50. The summed E-state index contributed by atoms with van der Waals surface area (Å²) < 4.78 is 28.7. The first-order chi connectivity index (χ1) is 8.35. The molecule has 3 N–H and O–H groups in total. The van der Waals surface area contributed by atoms with Crippen LogP contribution in [0.15, 0.2) is 24.3 Å². The SMILES string of the molecule is CNC(C)c1ccccc1NS(=O)(=O)NC(C)C. The molecule has 18 heavy (non-hydrogen) atoms. The Morgan fingerprint density at radius 1 is 1.11 bits per heavy atom. The van der Waals surface area contributed by atoms with E-state index in [1.807, 2.05) is 26.1 Å². The van der Waals surface area contributed by atoms with Crippen LogP contribution in [0.1, 0.15) is 32.4 Å². The van der Waals surface area contributed by atoms with Gasteiger partial charge in [-0.2, -0.15) is 13.1 Å². The molecule has 5 nitrogen and oxygen atoms in total. The van der Waals surface area contributed by atoms with Gasteiger partial charge in [0.05, 0.1) is 5.69 Å². The fourth-order valence-electron chi connectivity index (χ4n) is 1.61. The van der Waals surface area contributed by atoms with Crippen molar-refractivity contribution in [3.05, 3.63) is 29.8 Å². The molecular formula is C12H21N3O2S. The van der Waals surface area contributed by atoms with Crippen LogP contribution in [0.25, 0.3) is 0 Å². The summed E-state index contributed by atoms with van der Waals surface area (Å²) in [4.78, 5) is 0. The van der Waals surface area contributed by atoms with Gasteiger partial charge in [-0.15, -0.1) is 0 Å². The maximum absolute atomic E-state index is 11.8. The van der Waals surface area contributed by atoms with Gasteiger partial charge in [-0.25, -0.2) is 0 Å². The van der Waals surface area contributed by atoms with E-state index >= 15 is 0 Å². The van der Waals surface area contributed by atoms with Gasteiger partial charge < -0.3 is 5.32 Å². The molecule has 0 fully saturated rings. The first-order valence-electron chi connectivity index (χ1n) is 5.92. The number of rotatable bonds is 6. The van der Waals surface area contributed by atoms with Crippen molar-refractivity contribution in [1.29, 1.82) is 0 Å². The second-order valence-electron chi connectivity index (χ2n) is 4.48. The summed E-state index contributed by atoms with van der Waals surface area (Å²) in [6.07, 6.45) is 0. The van der Waals surface area contributed by atoms with Gasteiger partial charge in [0.25, 0.3) is 10.2 Å². The number of nitrogens with one attached hydrogen (secondary N) is 3. The maximum Gasteiger partial charge on any atom is 0.299 e. The number of benzene rings is 1. The predicted octanol–water partition coefficient (Wildman–Crippen LogP) is 1.62. The predicted molar refractivity (Wildman–Crippen MR) is 74.7 cm³/mol. The molecule has 0 heterocycles. The zero-order chi connectivity index (χ0) is 13.8. The van der Waals surface area contributed by atoms with Crippen molar-refractivity contribution >= 4 is 15.9 Å². The van der Waals surface area contributed by atoms with Crippen LogP contribution >= 0.6 is 0 Å². The normalized spacial score (nSPS) is 13.6. The highest BCUT2D eigenvalue weighted by Crippen LogP contribution is 2.22. The Kier molecular flexibility index (Phi) is 5.13. The maximum atomic E-state index is 11.8. The second kappa shape index (κ2) is 6.17. The molecule has 6 heteroatoms. The molecule has 0 aliphatic carbocycles. The monoisotopic (exact) mass is 271 g/mol. The van der Waals surface area contributed by atoms with E-state index in [0.717, 1.165) is 5.56 Å². The van der Waals surface area contributed by atoms with Crippen molar-refractivity contribution in [2.75, 3.05) is 11.8 Å². The summed E-state index contributed by atoms with van der Waals surface area (Å²) >= 11 is 0. The van der Waals surface area contributed by atoms with E-state index in [1.54, 1.807) is 26.0 Å². The van der Waals surface area contributed by atoms with Gasteiger partial charge in [0.15, 0.2) is 0 Å². The van der Waals surface area contributed by atoms with Crippen LogP contribution in [0.3, 0.4) is 0 Å². The summed E-state index contributed by atoms with van der Waals surface area (Å²) in [5, 5.41) is 3.09. The van der Waals surface area contributed by atoms with Gasteiger partial charge in [0, 0.05) is 12.1 Å². The quantitative estimate of drug-likeness (QED) is 0.736. The van der Waals surface area contributed by atoms with Crippen LogP contribution < -0.4 is 14.8 Å². The van der Waals surface area contributed by atoms with Crippen LogP contribution in [0.2, 0.25) is 0 Å². The van der Waals surface area contributed by atoms with E-state index in [4.69, 9.17) is 0 Å². The minimum Gasteiger partial charge on any atom is -0.313 e. The van der Waals surface area contributed by atoms with Crippen LogP contribution in [0.5, 0.6) is 0 Å². The third kappa shape index (κ3) is 4.29. The Morgan fingerprint density at radius 3 is 2.28 bits per heavy atom. The average Bonchev–Trinajstić information content (AvgIpc) is 2.26. The minimum atomic E-state index is -3.53. The number of para-hydroxylation sites is 1. The van der Waals surface area contributed by atoms with Gasteiger partial charge in [-0.05, 0) is 39.4 Å². The molecule has 1 unspecified atom stereocenters. The van der Waals surface area contributed by atoms with E-state index in [2.05, 4.69) is 14.8 Å². The lowest BCUT2D eigenvalue weighted by Crippen LogP contribution is -2.35. The Hall–Kier alpha value is -1.11. The van der Waals surface area contributed by atoms with Crippen LogP contribution in [0.4, 0.5) is 5.69 Å². The standard InChI is InChI=1S/C12H21N3O2S/c1-9(2)14-18(16,17)15-12-8-6-5-7-11(12)10(3)13-4/h5-10,13-15H,1-4H3. The van der Waals surface area contributed by atoms with Crippen molar-refractivity contribution in [2.45, 2.75) is 32.9 Å². The Labute approximate surface area is 109 Å². The number of hydrogen-bond acceptors (Lipinski definition) is 3. The molecule has 0 saturated heterocycles. The first-order valence-corrected chi connectivity index (χ1v) is 7.40. The Balaban J connectivity index is 2.97. The summed E-state index contributed by atoms with van der Waals surface area (Å²) in [6.45, 7) is 5.53. The molecule has 1 atom stereocenters. The van der Waals surface area contributed by atoms with Gasteiger partial charge in [-0.1, -0.05) is 18.2 Å². The molecule has 0 amide bonds. The Morgan fingerprint density at radius 2 is 1.72 bits per heavy atom. The lowest BCUT2D eigenvalue weighted by Gasteiger charge is -2.18. The Bertz CT molecular complexity index is 486. The van der Waals surface area contributed by atoms with Crippen LogP contribution in [-0.2, 0) is 10.2 Å². The highest BCUT2D eigenvalue weighted by atomic mass is 32.2. The molecule has 0 aliphatic rings. The van der Waals surface area contributed by atoms with Gasteiger partial charge in [-0.3, -0.25) is 4.72 Å². The molecule has 0 spiro atoms. The minimum absolute atomic E-state index is 0.0722. The van der Waals surface area contributed by atoms with Crippen molar-refractivity contribution < 1.29 is 8.42 Å². The average molecular weight is 271 g/mol. The number of hydrogen-bond donors (Lipinski definition) is 3. The van der Waals surface area contributed by atoms with E-state index in [9.17, 15) is 8.42 Å². The zero-order valence-electron chi connectivity index (χ0n) is 11.2. The fraction of sp³-hybridized carbons (Fsp3) is 0.500.